The number of benzene rings is 2. The summed E-state index contributed by atoms with van der Waals surface area (Å²) in [6.07, 6.45) is 0.468. The van der Waals surface area contributed by atoms with Gasteiger partial charge in [-0.15, -0.1) is 0 Å². The summed E-state index contributed by atoms with van der Waals surface area (Å²) in [6.45, 7) is -0.112. The second-order valence-corrected chi connectivity index (χ2v) is 6.36. The molecule has 0 heterocycles. The standard InChI is InChI=1S/C15H17NO3S/c17-12-14-7-4-8-15(11-14)16-20(18,19)10-9-13-5-2-1-3-6-13/h1-8,11,16-17H,9-10,12H2. The zero-order chi connectivity index (χ0) is 14.4. The highest BCUT2D eigenvalue weighted by Crippen LogP contribution is 2.13. The molecule has 2 N–H and O–H groups in total. The second-order valence-electron chi connectivity index (χ2n) is 4.52. The van der Waals surface area contributed by atoms with E-state index in [1.807, 2.05) is 30.3 Å². The van der Waals surface area contributed by atoms with Gasteiger partial charge in [-0.2, -0.15) is 0 Å². The van der Waals surface area contributed by atoms with Gasteiger partial charge in [-0.25, -0.2) is 8.42 Å². The molecular weight excluding hydrogens is 274 g/mol. The first-order chi connectivity index (χ1) is 9.59. The average Bonchev–Trinajstić information content (AvgIpc) is 2.46. The molecule has 0 aromatic heterocycles. The number of anilines is 1. The molecule has 0 aliphatic heterocycles. The zero-order valence-corrected chi connectivity index (χ0v) is 11.8. The van der Waals surface area contributed by atoms with Gasteiger partial charge < -0.3 is 5.11 Å². The number of hydrogen-bond donors (Lipinski definition) is 2. The molecule has 0 bridgehead atoms. The molecule has 0 saturated carbocycles. The van der Waals surface area contributed by atoms with Crippen molar-refractivity contribution >= 4 is 15.7 Å². The third-order valence-electron chi connectivity index (χ3n) is 2.89. The molecule has 5 heteroatoms. The van der Waals surface area contributed by atoms with Crippen LogP contribution in [0.4, 0.5) is 5.69 Å². The molecule has 0 fully saturated rings. The molecule has 0 unspecified atom stereocenters. The maximum Gasteiger partial charge on any atom is 0.233 e. The Hall–Kier alpha value is -1.85. The third kappa shape index (κ3) is 4.36. The summed E-state index contributed by atoms with van der Waals surface area (Å²) in [6, 6.07) is 16.2. The molecule has 106 valence electrons. The fourth-order valence-corrected chi connectivity index (χ4v) is 2.95. The first-order valence-corrected chi connectivity index (χ1v) is 7.98. The van der Waals surface area contributed by atoms with Crippen LogP contribution in [0.5, 0.6) is 0 Å². The van der Waals surface area contributed by atoms with Crippen molar-refractivity contribution in [3.8, 4) is 0 Å². The first-order valence-electron chi connectivity index (χ1n) is 6.33. The Morgan fingerprint density at radius 3 is 2.35 bits per heavy atom. The number of aliphatic hydroxyl groups excluding tert-OH is 1. The number of nitrogens with one attached hydrogen (secondary N) is 1. The van der Waals surface area contributed by atoms with E-state index in [4.69, 9.17) is 5.11 Å². The Labute approximate surface area is 119 Å². The van der Waals surface area contributed by atoms with Crippen LogP contribution in [0.25, 0.3) is 0 Å². The molecule has 0 aliphatic rings. The van der Waals surface area contributed by atoms with E-state index in [1.165, 1.54) is 0 Å². The van der Waals surface area contributed by atoms with Gasteiger partial charge in [0, 0.05) is 5.69 Å². The summed E-state index contributed by atoms with van der Waals surface area (Å²) >= 11 is 0. The molecule has 20 heavy (non-hydrogen) atoms. The topological polar surface area (TPSA) is 66.4 Å². The highest BCUT2D eigenvalue weighted by molar-refractivity contribution is 7.92. The zero-order valence-electron chi connectivity index (χ0n) is 11.0. The number of hydrogen-bond acceptors (Lipinski definition) is 3. The van der Waals surface area contributed by atoms with Crippen molar-refractivity contribution in [3.63, 3.8) is 0 Å². The Kier molecular flexibility index (Phi) is 4.76. The van der Waals surface area contributed by atoms with Gasteiger partial charge in [0.15, 0.2) is 0 Å². The van der Waals surface area contributed by atoms with E-state index in [1.54, 1.807) is 24.3 Å². The predicted molar refractivity (Wildman–Crippen MR) is 79.9 cm³/mol. The summed E-state index contributed by atoms with van der Waals surface area (Å²) in [5, 5.41) is 9.04. The van der Waals surface area contributed by atoms with Crippen LogP contribution in [0, 0.1) is 0 Å². The van der Waals surface area contributed by atoms with Crippen LogP contribution in [-0.2, 0) is 23.1 Å². The normalized spacial score (nSPS) is 11.2. The van der Waals surface area contributed by atoms with Crippen molar-refractivity contribution in [2.24, 2.45) is 0 Å². The Balaban J connectivity index is 2.00. The molecule has 0 spiro atoms. The van der Waals surface area contributed by atoms with Crippen LogP contribution in [0.3, 0.4) is 0 Å². The van der Waals surface area contributed by atoms with Crippen LogP contribution in [0.2, 0.25) is 0 Å². The molecule has 2 aromatic carbocycles. The lowest BCUT2D eigenvalue weighted by molar-refractivity contribution is 0.282. The smallest absolute Gasteiger partial charge is 0.233 e. The summed E-state index contributed by atoms with van der Waals surface area (Å²) < 4.78 is 26.5. The fourth-order valence-electron chi connectivity index (χ4n) is 1.86. The van der Waals surface area contributed by atoms with E-state index in [0.29, 0.717) is 17.7 Å². The van der Waals surface area contributed by atoms with E-state index in [9.17, 15) is 8.42 Å². The molecule has 0 atom stereocenters. The molecule has 0 amide bonds. The number of aliphatic hydroxyl groups is 1. The van der Waals surface area contributed by atoms with Crippen molar-refractivity contribution in [3.05, 3.63) is 65.7 Å². The van der Waals surface area contributed by atoms with Crippen molar-refractivity contribution < 1.29 is 13.5 Å². The van der Waals surface area contributed by atoms with Crippen LogP contribution in [0.1, 0.15) is 11.1 Å². The number of sulfonamides is 1. The van der Waals surface area contributed by atoms with Gasteiger partial charge in [-0.1, -0.05) is 42.5 Å². The van der Waals surface area contributed by atoms with E-state index in [0.717, 1.165) is 5.56 Å². The van der Waals surface area contributed by atoms with Gasteiger partial charge in [-0.3, -0.25) is 4.72 Å². The summed E-state index contributed by atoms with van der Waals surface area (Å²) in [7, 11) is -3.39. The highest BCUT2D eigenvalue weighted by atomic mass is 32.2. The van der Waals surface area contributed by atoms with E-state index in [-0.39, 0.29) is 12.4 Å². The first kappa shape index (κ1) is 14.6. The molecule has 4 nitrogen and oxygen atoms in total. The van der Waals surface area contributed by atoms with Gasteiger partial charge in [0.25, 0.3) is 0 Å². The largest absolute Gasteiger partial charge is 0.392 e. The van der Waals surface area contributed by atoms with Gasteiger partial charge in [0.05, 0.1) is 12.4 Å². The van der Waals surface area contributed by atoms with Gasteiger partial charge in [0.1, 0.15) is 0 Å². The molecular formula is C15H17NO3S. The van der Waals surface area contributed by atoms with Crippen molar-refractivity contribution in [2.45, 2.75) is 13.0 Å². The third-order valence-corrected chi connectivity index (χ3v) is 4.17. The maximum atomic E-state index is 12.0. The highest BCUT2D eigenvalue weighted by Gasteiger charge is 2.10. The average molecular weight is 291 g/mol. The summed E-state index contributed by atoms with van der Waals surface area (Å²) in [4.78, 5) is 0. The number of aryl methyl sites for hydroxylation is 1. The lowest BCUT2D eigenvalue weighted by Crippen LogP contribution is -2.18. The number of rotatable bonds is 6. The Morgan fingerprint density at radius 2 is 1.65 bits per heavy atom. The quantitative estimate of drug-likeness (QED) is 0.857. The van der Waals surface area contributed by atoms with Crippen LogP contribution >= 0.6 is 0 Å². The van der Waals surface area contributed by atoms with Crippen LogP contribution in [0.15, 0.2) is 54.6 Å². The van der Waals surface area contributed by atoms with Crippen molar-refractivity contribution in [1.29, 1.82) is 0 Å². The molecule has 2 aromatic rings. The van der Waals surface area contributed by atoms with Gasteiger partial charge in [-0.05, 0) is 29.7 Å². The minimum absolute atomic E-state index is 0.0281. The SMILES string of the molecule is O=S(=O)(CCc1ccccc1)Nc1cccc(CO)c1. The minimum Gasteiger partial charge on any atom is -0.392 e. The molecule has 0 saturated heterocycles. The van der Waals surface area contributed by atoms with E-state index < -0.39 is 10.0 Å². The van der Waals surface area contributed by atoms with E-state index >= 15 is 0 Å². The van der Waals surface area contributed by atoms with E-state index in [2.05, 4.69) is 4.72 Å². The van der Waals surface area contributed by atoms with Crippen molar-refractivity contribution in [2.75, 3.05) is 10.5 Å². The van der Waals surface area contributed by atoms with Crippen LogP contribution in [-0.4, -0.2) is 19.3 Å². The fraction of sp³-hybridized carbons (Fsp3) is 0.200. The second kappa shape index (κ2) is 6.54. The Bertz CT molecular complexity index is 654. The predicted octanol–water partition coefficient (Wildman–Crippen LogP) is 2.16. The summed E-state index contributed by atoms with van der Waals surface area (Å²) in [5.41, 5.74) is 2.14. The minimum atomic E-state index is -3.39. The molecule has 2 rings (SSSR count). The lowest BCUT2D eigenvalue weighted by Gasteiger charge is -2.09. The lowest BCUT2D eigenvalue weighted by atomic mass is 10.2. The van der Waals surface area contributed by atoms with Gasteiger partial charge >= 0.3 is 0 Å². The molecule has 0 aliphatic carbocycles. The Morgan fingerprint density at radius 1 is 0.950 bits per heavy atom. The maximum absolute atomic E-state index is 12.0. The summed E-state index contributed by atoms with van der Waals surface area (Å²) in [5.74, 6) is 0.0281. The monoisotopic (exact) mass is 291 g/mol. The van der Waals surface area contributed by atoms with Crippen LogP contribution < -0.4 is 4.72 Å². The van der Waals surface area contributed by atoms with Gasteiger partial charge in [0.2, 0.25) is 10.0 Å². The van der Waals surface area contributed by atoms with Crippen molar-refractivity contribution in [1.82, 2.24) is 0 Å². The molecule has 0 radical (unpaired) electrons.